The zero-order valence-electron chi connectivity index (χ0n) is 16.0. The number of hydrogen-bond acceptors (Lipinski definition) is 4. The molecule has 0 fully saturated rings. The van der Waals surface area contributed by atoms with E-state index in [1.165, 1.54) is 13.2 Å². The summed E-state index contributed by atoms with van der Waals surface area (Å²) < 4.78 is 49.6. The SMILES string of the molecule is COc1cc(CCC(=O)NCc2cn3cc(Br)ccc3n2)ccc1OCC(F)(F)F. The van der Waals surface area contributed by atoms with Crippen LogP contribution in [-0.2, 0) is 17.8 Å². The fourth-order valence-electron chi connectivity index (χ4n) is 2.78. The summed E-state index contributed by atoms with van der Waals surface area (Å²) in [5.41, 5.74) is 2.26. The zero-order valence-corrected chi connectivity index (χ0v) is 17.6. The van der Waals surface area contributed by atoms with Gasteiger partial charge in [-0.2, -0.15) is 13.2 Å². The lowest BCUT2D eigenvalue weighted by molar-refractivity contribution is -0.153. The highest BCUT2D eigenvalue weighted by Gasteiger charge is 2.29. The van der Waals surface area contributed by atoms with Crippen molar-refractivity contribution in [2.75, 3.05) is 13.7 Å². The molecular formula is C20H19BrF3N3O3. The summed E-state index contributed by atoms with van der Waals surface area (Å²) in [6.07, 6.45) is -0.0993. The van der Waals surface area contributed by atoms with Crippen LogP contribution >= 0.6 is 15.9 Å². The molecular weight excluding hydrogens is 467 g/mol. The minimum atomic E-state index is -4.43. The van der Waals surface area contributed by atoms with Crippen LogP contribution in [0.5, 0.6) is 11.5 Å². The molecule has 0 atom stereocenters. The first kappa shape index (κ1) is 21.9. The summed E-state index contributed by atoms with van der Waals surface area (Å²) in [5.74, 6) is 0.0270. The third-order valence-corrected chi connectivity index (χ3v) is 4.66. The van der Waals surface area contributed by atoms with Crippen molar-refractivity contribution in [3.63, 3.8) is 0 Å². The average Bonchev–Trinajstić information content (AvgIpc) is 3.10. The van der Waals surface area contributed by atoms with Gasteiger partial charge in [0.1, 0.15) is 5.65 Å². The molecule has 1 aromatic carbocycles. The minimum absolute atomic E-state index is 0.00140. The monoisotopic (exact) mass is 485 g/mol. The Balaban J connectivity index is 1.52. The summed E-state index contributed by atoms with van der Waals surface area (Å²) >= 11 is 3.39. The van der Waals surface area contributed by atoms with Crippen LogP contribution in [0.25, 0.3) is 5.65 Å². The fraction of sp³-hybridized carbons (Fsp3) is 0.300. The second kappa shape index (κ2) is 9.38. The Morgan fingerprint density at radius 1 is 1.20 bits per heavy atom. The number of benzene rings is 1. The van der Waals surface area contributed by atoms with E-state index in [0.717, 1.165) is 21.4 Å². The third kappa shape index (κ3) is 6.12. The van der Waals surface area contributed by atoms with E-state index in [0.29, 0.717) is 13.0 Å². The summed E-state index contributed by atoms with van der Waals surface area (Å²) in [7, 11) is 1.35. The fourth-order valence-corrected chi connectivity index (χ4v) is 3.14. The molecule has 0 spiro atoms. The van der Waals surface area contributed by atoms with Crippen molar-refractivity contribution in [3.8, 4) is 11.5 Å². The molecule has 0 unspecified atom stereocenters. The number of rotatable bonds is 8. The number of halogens is 4. The van der Waals surface area contributed by atoms with Gasteiger partial charge in [0.05, 0.1) is 19.3 Å². The van der Waals surface area contributed by atoms with E-state index < -0.39 is 12.8 Å². The number of ether oxygens (including phenoxy) is 2. The third-order valence-electron chi connectivity index (χ3n) is 4.19. The van der Waals surface area contributed by atoms with E-state index in [-0.39, 0.29) is 23.8 Å². The lowest BCUT2D eigenvalue weighted by atomic mass is 10.1. The number of alkyl halides is 3. The Morgan fingerprint density at radius 3 is 2.73 bits per heavy atom. The molecule has 2 heterocycles. The Bertz CT molecular complexity index is 1040. The van der Waals surface area contributed by atoms with Crippen LogP contribution in [0, 0.1) is 0 Å². The van der Waals surface area contributed by atoms with Gasteiger partial charge in [0, 0.05) is 23.3 Å². The number of imidazole rings is 1. The van der Waals surface area contributed by atoms with Gasteiger partial charge < -0.3 is 19.2 Å². The highest BCUT2D eigenvalue weighted by atomic mass is 79.9. The quantitative estimate of drug-likeness (QED) is 0.516. The van der Waals surface area contributed by atoms with Crippen LogP contribution in [0.1, 0.15) is 17.7 Å². The second-order valence-electron chi connectivity index (χ2n) is 6.51. The van der Waals surface area contributed by atoms with Gasteiger partial charge in [0.25, 0.3) is 0 Å². The lowest BCUT2D eigenvalue weighted by Gasteiger charge is -2.13. The number of hydrogen-bond donors (Lipinski definition) is 1. The highest BCUT2D eigenvalue weighted by molar-refractivity contribution is 9.10. The summed E-state index contributed by atoms with van der Waals surface area (Å²) in [6.45, 7) is -1.10. The zero-order chi connectivity index (χ0) is 21.7. The van der Waals surface area contributed by atoms with Crippen molar-refractivity contribution in [1.82, 2.24) is 14.7 Å². The molecule has 0 aliphatic rings. The number of nitrogens with one attached hydrogen (secondary N) is 1. The maximum atomic E-state index is 12.3. The van der Waals surface area contributed by atoms with Crippen LogP contribution < -0.4 is 14.8 Å². The molecule has 2 aromatic heterocycles. The maximum absolute atomic E-state index is 12.3. The smallest absolute Gasteiger partial charge is 0.422 e. The molecule has 30 heavy (non-hydrogen) atoms. The Morgan fingerprint density at radius 2 is 2.00 bits per heavy atom. The van der Waals surface area contributed by atoms with Crippen molar-refractivity contribution in [3.05, 3.63) is 58.5 Å². The molecule has 3 aromatic rings. The second-order valence-corrected chi connectivity index (χ2v) is 7.43. The summed E-state index contributed by atoms with van der Waals surface area (Å²) in [4.78, 5) is 16.6. The van der Waals surface area contributed by atoms with E-state index in [1.54, 1.807) is 12.1 Å². The highest BCUT2D eigenvalue weighted by Crippen LogP contribution is 2.30. The van der Waals surface area contributed by atoms with Crippen molar-refractivity contribution in [2.45, 2.75) is 25.6 Å². The topological polar surface area (TPSA) is 64.9 Å². The van der Waals surface area contributed by atoms with Crippen LogP contribution in [0.3, 0.4) is 0 Å². The molecule has 160 valence electrons. The molecule has 6 nitrogen and oxygen atoms in total. The van der Waals surface area contributed by atoms with E-state index in [2.05, 4.69) is 26.2 Å². The largest absolute Gasteiger partial charge is 0.493 e. The van der Waals surface area contributed by atoms with Gasteiger partial charge >= 0.3 is 6.18 Å². The van der Waals surface area contributed by atoms with Gasteiger partial charge in [-0.3, -0.25) is 4.79 Å². The normalized spacial score (nSPS) is 11.5. The van der Waals surface area contributed by atoms with Gasteiger partial charge in [-0.1, -0.05) is 6.07 Å². The number of amides is 1. The molecule has 0 aliphatic carbocycles. The molecule has 3 rings (SSSR count). The van der Waals surface area contributed by atoms with E-state index in [1.807, 2.05) is 28.9 Å². The van der Waals surface area contributed by atoms with Crippen molar-refractivity contribution in [2.24, 2.45) is 0 Å². The minimum Gasteiger partial charge on any atom is -0.493 e. The Kier molecular flexibility index (Phi) is 6.86. The number of methoxy groups -OCH3 is 1. The van der Waals surface area contributed by atoms with Crippen molar-refractivity contribution < 1.29 is 27.4 Å². The van der Waals surface area contributed by atoms with Crippen LogP contribution in [0.2, 0.25) is 0 Å². The number of fused-ring (bicyclic) bond motifs is 1. The van der Waals surface area contributed by atoms with Gasteiger partial charge in [-0.15, -0.1) is 0 Å². The molecule has 0 radical (unpaired) electrons. The predicted molar refractivity (Wildman–Crippen MR) is 108 cm³/mol. The molecule has 1 amide bonds. The number of carbonyl (C=O) groups excluding carboxylic acids is 1. The first-order chi connectivity index (χ1) is 14.2. The van der Waals surface area contributed by atoms with Gasteiger partial charge in [-0.05, 0) is 52.2 Å². The molecule has 1 N–H and O–H groups in total. The first-order valence-electron chi connectivity index (χ1n) is 9.00. The van der Waals surface area contributed by atoms with Crippen LogP contribution in [-0.4, -0.2) is 35.2 Å². The van der Waals surface area contributed by atoms with E-state index >= 15 is 0 Å². The van der Waals surface area contributed by atoms with Gasteiger partial charge in [0.15, 0.2) is 18.1 Å². The van der Waals surface area contributed by atoms with Gasteiger partial charge in [-0.25, -0.2) is 4.98 Å². The number of carbonyl (C=O) groups is 1. The number of pyridine rings is 1. The Hall–Kier alpha value is -2.75. The number of aromatic nitrogens is 2. The molecule has 0 saturated heterocycles. The maximum Gasteiger partial charge on any atom is 0.422 e. The van der Waals surface area contributed by atoms with Crippen LogP contribution in [0.15, 0.2) is 47.2 Å². The number of aryl methyl sites for hydroxylation is 1. The molecule has 0 aliphatic heterocycles. The predicted octanol–water partition coefficient (Wildman–Crippen LogP) is 4.30. The van der Waals surface area contributed by atoms with Crippen molar-refractivity contribution >= 4 is 27.5 Å². The Labute approximate surface area is 179 Å². The average molecular weight is 486 g/mol. The molecule has 0 saturated carbocycles. The number of nitrogens with zero attached hydrogens (tertiary/aromatic N) is 2. The first-order valence-corrected chi connectivity index (χ1v) is 9.79. The molecule has 10 heteroatoms. The molecule has 0 bridgehead atoms. The van der Waals surface area contributed by atoms with Gasteiger partial charge in [0.2, 0.25) is 5.91 Å². The summed E-state index contributed by atoms with van der Waals surface area (Å²) in [6, 6.07) is 8.34. The standard InChI is InChI=1S/C20H19BrF3N3O3/c1-29-17-8-13(2-5-16(17)30-12-20(22,23)24)3-7-19(28)25-9-15-11-27-10-14(21)4-6-18(27)26-15/h2,4-6,8,10-11H,3,7,9,12H2,1H3,(H,25,28). The van der Waals surface area contributed by atoms with Crippen molar-refractivity contribution in [1.29, 1.82) is 0 Å². The lowest BCUT2D eigenvalue weighted by Crippen LogP contribution is -2.23. The summed E-state index contributed by atoms with van der Waals surface area (Å²) in [5, 5.41) is 2.81. The van der Waals surface area contributed by atoms with Crippen LogP contribution in [0.4, 0.5) is 13.2 Å². The van der Waals surface area contributed by atoms with E-state index in [4.69, 9.17) is 9.47 Å². The van der Waals surface area contributed by atoms with E-state index in [9.17, 15) is 18.0 Å².